The summed E-state index contributed by atoms with van der Waals surface area (Å²) in [5.74, 6) is 1.36. The van der Waals surface area contributed by atoms with Crippen molar-refractivity contribution in [3.8, 4) is 17.2 Å². The molecule has 0 spiro atoms. The molecular formula is C19H18ClN3O2. The molecule has 25 heavy (non-hydrogen) atoms. The SMILES string of the molecule is COc1cc2c(cc1OC)-n1cncc1CN2c1c(C)cccc1Cl. The van der Waals surface area contributed by atoms with E-state index < -0.39 is 0 Å². The molecule has 5 nitrogen and oxygen atoms in total. The van der Waals surface area contributed by atoms with Crippen molar-refractivity contribution in [1.29, 1.82) is 0 Å². The van der Waals surface area contributed by atoms with Gasteiger partial charge in [-0.2, -0.15) is 0 Å². The number of ether oxygens (including phenoxy) is 2. The van der Waals surface area contributed by atoms with Crippen LogP contribution < -0.4 is 14.4 Å². The van der Waals surface area contributed by atoms with Gasteiger partial charge in [-0.15, -0.1) is 0 Å². The molecular weight excluding hydrogens is 338 g/mol. The van der Waals surface area contributed by atoms with Gasteiger partial charge < -0.3 is 14.4 Å². The van der Waals surface area contributed by atoms with E-state index in [0.717, 1.165) is 28.3 Å². The number of hydrogen-bond acceptors (Lipinski definition) is 4. The summed E-state index contributed by atoms with van der Waals surface area (Å²) in [5, 5.41) is 0.716. The average molecular weight is 356 g/mol. The molecule has 128 valence electrons. The molecule has 1 aromatic heterocycles. The van der Waals surface area contributed by atoms with Crippen LogP contribution >= 0.6 is 11.6 Å². The molecule has 2 heterocycles. The molecule has 6 heteroatoms. The lowest BCUT2D eigenvalue weighted by Crippen LogP contribution is -2.25. The second kappa shape index (κ2) is 6.01. The minimum atomic E-state index is 0.674. The van der Waals surface area contributed by atoms with Gasteiger partial charge in [-0.1, -0.05) is 23.7 Å². The van der Waals surface area contributed by atoms with Gasteiger partial charge in [0.05, 0.1) is 61.1 Å². The Hall–Kier alpha value is -2.66. The molecule has 3 aromatic rings. The molecule has 0 fully saturated rings. The minimum absolute atomic E-state index is 0.674. The highest BCUT2D eigenvalue weighted by atomic mass is 35.5. The lowest BCUT2D eigenvalue weighted by atomic mass is 10.1. The molecule has 0 saturated carbocycles. The van der Waals surface area contributed by atoms with E-state index in [0.29, 0.717) is 23.1 Å². The molecule has 1 aliphatic heterocycles. The molecule has 0 aliphatic carbocycles. The summed E-state index contributed by atoms with van der Waals surface area (Å²) in [5.41, 5.74) is 5.17. The van der Waals surface area contributed by atoms with Crippen LogP contribution in [0.2, 0.25) is 5.02 Å². The Labute approximate surface area is 151 Å². The van der Waals surface area contributed by atoms with Crippen LogP contribution in [0.4, 0.5) is 11.4 Å². The Balaban J connectivity index is 1.99. The van der Waals surface area contributed by atoms with Crippen molar-refractivity contribution in [3.05, 3.63) is 59.1 Å². The van der Waals surface area contributed by atoms with Gasteiger partial charge in [0.25, 0.3) is 0 Å². The van der Waals surface area contributed by atoms with Gasteiger partial charge >= 0.3 is 0 Å². The van der Waals surface area contributed by atoms with E-state index in [-0.39, 0.29) is 0 Å². The summed E-state index contributed by atoms with van der Waals surface area (Å²) >= 11 is 6.54. The lowest BCUT2D eigenvalue weighted by molar-refractivity contribution is 0.355. The lowest BCUT2D eigenvalue weighted by Gasteiger charge is -2.34. The topological polar surface area (TPSA) is 39.5 Å². The van der Waals surface area contributed by atoms with Gasteiger partial charge in [0.2, 0.25) is 0 Å². The summed E-state index contributed by atoms with van der Waals surface area (Å²) in [6.45, 7) is 2.74. The van der Waals surface area contributed by atoms with Crippen LogP contribution in [0, 0.1) is 6.92 Å². The molecule has 0 unspecified atom stereocenters. The van der Waals surface area contributed by atoms with Crippen LogP contribution in [-0.4, -0.2) is 23.8 Å². The first-order valence-electron chi connectivity index (χ1n) is 7.94. The largest absolute Gasteiger partial charge is 0.493 e. The summed E-state index contributed by atoms with van der Waals surface area (Å²) in [6.07, 6.45) is 3.69. The third kappa shape index (κ3) is 2.43. The number of anilines is 2. The molecule has 4 rings (SSSR count). The second-order valence-corrected chi connectivity index (χ2v) is 6.35. The number of halogens is 1. The number of nitrogens with zero attached hydrogens (tertiary/aromatic N) is 3. The van der Waals surface area contributed by atoms with E-state index >= 15 is 0 Å². The fraction of sp³-hybridized carbons (Fsp3) is 0.211. The van der Waals surface area contributed by atoms with Gasteiger partial charge in [-0.3, -0.25) is 4.57 Å². The first kappa shape index (κ1) is 15.8. The third-order valence-corrected chi connectivity index (χ3v) is 4.83. The summed E-state index contributed by atoms with van der Waals surface area (Å²) in [6, 6.07) is 9.90. The standard InChI is InChI=1S/C19H18ClN3O2/c1-12-5-4-6-14(20)19(12)22-10-13-9-21-11-23(13)16-8-18(25-3)17(24-2)7-15(16)22/h4-9,11H,10H2,1-3H3. The van der Waals surface area contributed by atoms with E-state index in [1.54, 1.807) is 14.2 Å². The Kier molecular flexibility index (Phi) is 3.81. The Morgan fingerprint density at radius 1 is 1.08 bits per heavy atom. The number of rotatable bonds is 3. The Bertz CT molecular complexity index is 932. The highest BCUT2D eigenvalue weighted by Crippen LogP contribution is 2.45. The molecule has 0 saturated heterocycles. The maximum absolute atomic E-state index is 6.54. The second-order valence-electron chi connectivity index (χ2n) is 5.94. The highest BCUT2D eigenvalue weighted by molar-refractivity contribution is 6.33. The van der Waals surface area contributed by atoms with E-state index in [1.165, 1.54) is 0 Å². The fourth-order valence-electron chi connectivity index (χ4n) is 3.33. The number of methoxy groups -OCH3 is 2. The van der Waals surface area contributed by atoms with Crippen LogP contribution in [-0.2, 0) is 6.54 Å². The van der Waals surface area contributed by atoms with E-state index in [9.17, 15) is 0 Å². The molecule has 0 bridgehead atoms. The number of imidazole rings is 1. The van der Waals surface area contributed by atoms with E-state index in [2.05, 4.69) is 27.4 Å². The van der Waals surface area contributed by atoms with Gasteiger partial charge in [0.15, 0.2) is 11.5 Å². The first-order chi connectivity index (χ1) is 12.1. The smallest absolute Gasteiger partial charge is 0.162 e. The van der Waals surface area contributed by atoms with Crippen molar-refractivity contribution in [1.82, 2.24) is 9.55 Å². The number of para-hydroxylation sites is 1. The average Bonchev–Trinajstić information content (AvgIpc) is 3.09. The minimum Gasteiger partial charge on any atom is -0.493 e. The number of benzene rings is 2. The monoisotopic (exact) mass is 355 g/mol. The third-order valence-electron chi connectivity index (χ3n) is 4.52. The van der Waals surface area contributed by atoms with Crippen LogP contribution in [0.1, 0.15) is 11.3 Å². The van der Waals surface area contributed by atoms with Gasteiger partial charge in [-0.05, 0) is 18.6 Å². The number of fused-ring (bicyclic) bond motifs is 3. The zero-order chi connectivity index (χ0) is 17.6. The predicted molar refractivity (Wildman–Crippen MR) is 98.7 cm³/mol. The van der Waals surface area contributed by atoms with Crippen LogP contribution in [0.5, 0.6) is 11.5 Å². The Morgan fingerprint density at radius 2 is 1.80 bits per heavy atom. The highest BCUT2D eigenvalue weighted by Gasteiger charge is 2.27. The molecule has 0 amide bonds. The normalized spacial score (nSPS) is 12.6. The van der Waals surface area contributed by atoms with Crippen molar-refractivity contribution >= 4 is 23.0 Å². The summed E-state index contributed by atoms with van der Waals surface area (Å²) in [7, 11) is 3.28. The zero-order valence-corrected chi connectivity index (χ0v) is 15.0. The maximum Gasteiger partial charge on any atom is 0.162 e. The number of aromatic nitrogens is 2. The zero-order valence-electron chi connectivity index (χ0n) is 14.3. The number of hydrogen-bond donors (Lipinski definition) is 0. The summed E-state index contributed by atoms with van der Waals surface area (Å²) < 4.78 is 13.1. The van der Waals surface area contributed by atoms with Crippen LogP contribution in [0.25, 0.3) is 5.69 Å². The molecule has 0 N–H and O–H groups in total. The van der Waals surface area contributed by atoms with E-state index in [4.69, 9.17) is 21.1 Å². The van der Waals surface area contributed by atoms with Crippen molar-refractivity contribution in [2.24, 2.45) is 0 Å². The molecule has 2 aromatic carbocycles. The van der Waals surface area contributed by atoms with Gasteiger partial charge in [0.1, 0.15) is 0 Å². The first-order valence-corrected chi connectivity index (χ1v) is 8.32. The van der Waals surface area contributed by atoms with Gasteiger partial charge in [0, 0.05) is 12.1 Å². The van der Waals surface area contributed by atoms with Crippen molar-refractivity contribution < 1.29 is 9.47 Å². The van der Waals surface area contributed by atoms with Gasteiger partial charge in [-0.25, -0.2) is 4.98 Å². The molecule has 1 aliphatic rings. The maximum atomic E-state index is 6.54. The molecule has 0 atom stereocenters. The Morgan fingerprint density at radius 3 is 2.48 bits per heavy atom. The van der Waals surface area contributed by atoms with Crippen molar-refractivity contribution in [2.75, 3.05) is 19.1 Å². The fourth-order valence-corrected chi connectivity index (χ4v) is 3.66. The summed E-state index contributed by atoms with van der Waals surface area (Å²) in [4.78, 5) is 6.51. The number of aryl methyl sites for hydroxylation is 1. The predicted octanol–water partition coefficient (Wildman–Crippen LogP) is 4.50. The van der Waals surface area contributed by atoms with Crippen LogP contribution in [0.3, 0.4) is 0 Å². The molecule has 0 radical (unpaired) electrons. The van der Waals surface area contributed by atoms with Crippen LogP contribution in [0.15, 0.2) is 42.9 Å². The van der Waals surface area contributed by atoms with Crippen molar-refractivity contribution in [2.45, 2.75) is 13.5 Å². The quantitative estimate of drug-likeness (QED) is 0.693. The van der Waals surface area contributed by atoms with E-state index in [1.807, 2.05) is 36.8 Å². The van der Waals surface area contributed by atoms with Crippen molar-refractivity contribution in [3.63, 3.8) is 0 Å².